The maximum Gasteiger partial charge on any atom is 0.347 e. The average molecular weight is 339 g/mol. The molecule has 7 nitrogen and oxygen atoms in total. The van der Waals surface area contributed by atoms with Crippen molar-refractivity contribution in [1.82, 2.24) is 10.2 Å². The Morgan fingerprint density at radius 3 is 2.33 bits per heavy atom. The zero-order chi connectivity index (χ0) is 18.3. The molecule has 0 aliphatic carbocycles. The lowest BCUT2D eigenvalue weighted by atomic mass is 9.92. The maximum atomic E-state index is 12.4. The van der Waals surface area contributed by atoms with Gasteiger partial charge in [-0.15, -0.1) is 0 Å². The summed E-state index contributed by atoms with van der Waals surface area (Å²) in [5.74, 6) is -2.45. The van der Waals surface area contributed by atoms with Crippen molar-refractivity contribution >= 4 is 17.7 Å². The Kier molecular flexibility index (Phi) is 7.25. The minimum absolute atomic E-state index is 0.0331. The van der Waals surface area contributed by atoms with E-state index in [9.17, 15) is 14.7 Å². The van der Waals surface area contributed by atoms with E-state index in [-0.39, 0.29) is 17.9 Å². The first-order chi connectivity index (χ1) is 11.2. The molecule has 24 heavy (non-hydrogen) atoms. The molecule has 1 aliphatic rings. The molecule has 1 aliphatic heterocycles. The number of ether oxygens (including phenoxy) is 1. The first-order valence-electron chi connectivity index (χ1n) is 8.39. The molecule has 0 unspecified atom stereocenters. The molecule has 1 amide bonds. The molecule has 1 rings (SSSR count). The van der Waals surface area contributed by atoms with Gasteiger partial charge in [0.05, 0.1) is 6.61 Å². The van der Waals surface area contributed by atoms with Gasteiger partial charge in [-0.3, -0.25) is 10.2 Å². The third kappa shape index (κ3) is 5.86. The normalized spacial score (nSPS) is 15.8. The van der Waals surface area contributed by atoms with Crippen LogP contribution in [0.3, 0.4) is 0 Å². The van der Waals surface area contributed by atoms with Gasteiger partial charge in [-0.25, -0.2) is 4.79 Å². The molecular weight excluding hydrogens is 310 g/mol. The molecule has 0 bridgehead atoms. The Bertz CT molecular complexity index is 514. The van der Waals surface area contributed by atoms with E-state index in [2.05, 4.69) is 5.32 Å². The van der Waals surface area contributed by atoms with E-state index in [1.807, 2.05) is 20.8 Å². The number of carbonyl (C=O) groups excluding carboxylic acids is 2. The van der Waals surface area contributed by atoms with Gasteiger partial charge in [0.15, 0.2) is 17.2 Å². The largest absolute Gasteiger partial charge is 0.504 e. The molecule has 1 heterocycles. The van der Waals surface area contributed by atoms with Crippen molar-refractivity contribution in [2.75, 3.05) is 26.2 Å². The van der Waals surface area contributed by atoms with Crippen LogP contribution in [0.5, 0.6) is 0 Å². The van der Waals surface area contributed by atoms with Crippen molar-refractivity contribution < 1.29 is 19.4 Å². The van der Waals surface area contributed by atoms with Crippen molar-refractivity contribution in [3.05, 3.63) is 11.3 Å². The predicted octanol–water partition coefficient (Wildman–Crippen LogP) is 1.99. The van der Waals surface area contributed by atoms with E-state index in [1.54, 1.807) is 11.8 Å². The average Bonchev–Trinajstić information content (AvgIpc) is 2.99. The molecule has 0 aromatic carbocycles. The van der Waals surface area contributed by atoms with E-state index >= 15 is 0 Å². The van der Waals surface area contributed by atoms with Crippen LogP contribution in [0.25, 0.3) is 0 Å². The summed E-state index contributed by atoms with van der Waals surface area (Å²) in [6, 6.07) is 0. The number of amides is 1. The highest BCUT2D eigenvalue weighted by Crippen LogP contribution is 2.18. The van der Waals surface area contributed by atoms with Gasteiger partial charge >= 0.3 is 5.97 Å². The fraction of sp³-hybridized carbons (Fsp3) is 0.706. The number of rotatable bonds is 6. The first-order valence-corrected chi connectivity index (χ1v) is 8.39. The lowest BCUT2D eigenvalue weighted by molar-refractivity contribution is -0.140. The van der Waals surface area contributed by atoms with Gasteiger partial charge in [-0.05, 0) is 31.6 Å². The molecule has 3 N–H and O–H groups in total. The standard InChI is InChI=1S/C17H29N3O4/c1-5-24-16(23)12(15(22)19-9-8-17(2,3)4)13(21)14(18)20-10-6-7-11-20/h18,21H,5-11H2,1-4H3,(H,19,22)/b13-12-,18-14?. The molecular formula is C17H29N3O4. The SMILES string of the molecule is CCOC(=O)/C(C(=O)NCCC(C)(C)C)=C(\O)C(=N)N1CCCC1. The van der Waals surface area contributed by atoms with Crippen molar-refractivity contribution in [1.29, 1.82) is 5.41 Å². The van der Waals surface area contributed by atoms with Crippen LogP contribution < -0.4 is 5.32 Å². The summed E-state index contributed by atoms with van der Waals surface area (Å²) in [7, 11) is 0. The van der Waals surface area contributed by atoms with Gasteiger partial charge in [0.1, 0.15) is 0 Å². The first kappa shape index (κ1) is 20.0. The third-order valence-corrected chi connectivity index (χ3v) is 3.75. The van der Waals surface area contributed by atoms with Crippen LogP contribution in [-0.2, 0) is 14.3 Å². The Morgan fingerprint density at radius 1 is 1.25 bits per heavy atom. The highest BCUT2D eigenvalue weighted by molar-refractivity contribution is 6.21. The quantitative estimate of drug-likeness (QED) is 0.131. The highest BCUT2D eigenvalue weighted by atomic mass is 16.5. The molecule has 0 aromatic heterocycles. The zero-order valence-corrected chi connectivity index (χ0v) is 15.1. The van der Waals surface area contributed by atoms with Crippen molar-refractivity contribution in [3.63, 3.8) is 0 Å². The smallest absolute Gasteiger partial charge is 0.347 e. The topological polar surface area (TPSA) is 103 Å². The Labute approximate surface area is 143 Å². The predicted molar refractivity (Wildman–Crippen MR) is 91.9 cm³/mol. The number of amidine groups is 1. The van der Waals surface area contributed by atoms with Crippen LogP contribution in [0.4, 0.5) is 0 Å². The minimum Gasteiger partial charge on any atom is -0.504 e. The minimum atomic E-state index is -0.910. The summed E-state index contributed by atoms with van der Waals surface area (Å²) >= 11 is 0. The number of nitrogens with one attached hydrogen (secondary N) is 2. The van der Waals surface area contributed by atoms with Crippen LogP contribution in [-0.4, -0.2) is 54.0 Å². The van der Waals surface area contributed by atoms with Gasteiger partial charge < -0.3 is 20.1 Å². The van der Waals surface area contributed by atoms with E-state index in [4.69, 9.17) is 10.1 Å². The number of carbonyl (C=O) groups is 2. The molecule has 0 aromatic rings. The zero-order valence-electron chi connectivity index (χ0n) is 15.1. The third-order valence-electron chi connectivity index (χ3n) is 3.75. The summed E-state index contributed by atoms with van der Waals surface area (Å²) < 4.78 is 4.87. The van der Waals surface area contributed by atoms with E-state index in [0.29, 0.717) is 19.6 Å². The van der Waals surface area contributed by atoms with Gasteiger partial charge in [-0.2, -0.15) is 0 Å². The monoisotopic (exact) mass is 339 g/mol. The van der Waals surface area contributed by atoms with Crippen LogP contribution in [0.1, 0.15) is 47.0 Å². The Hall–Kier alpha value is -2.05. The molecule has 1 saturated heterocycles. The van der Waals surface area contributed by atoms with Crippen LogP contribution in [0.15, 0.2) is 11.3 Å². The lowest BCUT2D eigenvalue weighted by Crippen LogP contribution is -2.36. The summed E-state index contributed by atoms with van der Waals surface area (Å²) in [6.45, 7) is 9.47. The van der Waals surface area contributed by atoms with Crippen LogP contribution in [0, 0.1) is 10.8 Å². The van der Waals surface area contributed by atoms with Gasteiger partial charge in [-0.1, -0.05) is 20.8 Å². The molecule has 0 atom stereocenters. The number of aliphatic hydroxyl groups is 1. The number of likely N-dealkylation sites (tertiary alicyclic amines) is 1. The van der Waals surface area contributed by atoms with E-state index < -0.39 is 23.2 Å². The molecule has 1 fully saturated rings. The number of nitrogens with zero attached hydrogens (tertiary/aromatic N) is 1. The number of hydrogen-bond acceptors (Lipinski definition) is 5. The molecule has 0 saturated carbocycles. The van der Waals surface area contributed by atoms with Crippen molar-refractivity contribution in [2.24, 2.45) is 5.41 Å². The molecule has 136 valence electrons. The Balaban J connectivity index is 2.93. The lowest BCUT2D eigenvalue weighted by Gasteiger charge is -2.20. The Morgan fingerprint density at radius 2 is 1.83 bits per heavy atom. The molecule has 0 spiro atoms. The number of esters is 1. The highest BCUT2D eigenvalue weighted by Gasteiger charge is 2.29. The van der Waals surface area contributed by atoms with Gasteiger partial charge in [0, 0.05) is 19.6 Å². The number of hydrogen-bond donors (Lipinski definition) is 3. The fourth-order valence-corrected chi connectivity index (χ4v) is 2.35. The summed E-state index contributed by atoms with van der Waals surface area (Å²) in [4.78, 5) is 26.1. The summed E-state index contributed by atoms with van der Waals surface area (Å²) in [6.07, 6.45) is 2.56. The van der Waals surface area contributed by atoms with Crippen LogP contribution >= 0.6 is 0 Å². The number of aliphatic hydroxyl groups excluding tert-OH is 1. The van der Waals surface area contributed by atoms with Crippen LogP contribution in [0.2, 0.25) is 0 Å². The second-order valence-corrected chi connectivity index (χ2v) is 7.05. The summed E-state index contributed by atoms with van der Waals surface area (Å²) in [5.41, 5.74) is -0.464. The maximum absolute atomic E-state index is 12.4. The molecule has 7 heteroatoms. The fourth-order valence-electron chi connectivity index (χ4n) is 2.35. The van der Waals surface area contributed by atoms with Gasteiger partial charge in [0.2, 0.25) is 0 Å². The summed E-state index contributed by atoms with van der Waals surface area (Å²) in [5, 5.41) is 21.0. The second kappa shape index (κ2) is 8.70. The van der Waals surface area contributed by atoms with E-state index in [1.165, 1.54) is 0 Å². The van der Waals surface area contributed by atoms with Crippen molar-refractivity contribution in [3.8, 4) is 0 Å². The second-order valence-electron chi connectivity index (χ2n) is 7.05. The molecule has 0 radical (unpaired) electrons. The van der Waals surface area contributed by atoms with E-state index in [0.717, 1.165) is 19.3 Å². The van der Waals surface area contributed by atoms with Gasteiger partial charge in [0.25, 0.3) is 5.91 Å². The van der Waals surface area contributed by atoms with Crippen molar-refractivity contribution in [2.45, 2.75) is 47.0 Å².